The van der Waals surface area contributed by atoms with Crippen LogP contribution in [-0.4, -0.2) is 34.8 Å². The third-order valence-electron chi connectivity index (χ3n) is 7.26. The van der Waals surface area contributed by atoms with Crippen LogP contribution in [0.3, 0.4) is 0 Å². The van der Waals surface area contributed by atoms with Gasteiger partial charge in [-0.2, -0.15) is 0 Å². The molecule has 1 fully saturated rings. The molecule has 1 N–H and O–H groups in total. The van der Waals surface area contributed by atoms with E-state index in [4.69, 9.17) is 16.0 Å². The monoisotopic (exact) mass is 515 g/mol. The van der Waals surface area contributed by atoms with E-state index in [0.717, 1.165) is 24.0 Å². The van der Waals surface area contributed by atoms with Gasteiger partial charge in [-0.25, -0.2) is 4.98 Å². The summed E-state index contributed by atoms with van der Waals surface area (Å²) < 4.78 is 5.91. The van der Waals surface area contributed by atoms with Crippen molar-refractivity contribution in [2.24, 2.45) is 11.8 Å². The van der Waals surface area contributed by atoms with Gasteiger partial charge in [0.1, 0.15) is 5.52 Å². The second kappa shape index (κ2) is 10.8. The zero-order valence-corrected chi connectivity index (χ0v) is 21.8. The number of amides is 2. The van der Waals surface area contributed by atoms with Crippen LogP contribution < -0.4 is 5.32 Å². The molecule has 6 nitrogen and oxygen atoms in total. The molecule has 2 amide bonds. The van der Waals surface area contributed by atoms with E-state index in [1.54, 1.807) is 12.1 Å². The molecule has 0 radical (unpaired) electrons. The summed E-state index contributed by atoms with van der Waals surface area (Å²) in [5.41, 5.74) is 5.02. The highest BCUT2D eigenvalue weighted by atomic mass is 35.5. The molecule has 190 valence electrons. The lowest BCUT2D eigenvalue weighted by molar-refractivity contribution is -0.126. The Hall–Kier alpha value is -3.64. The molecule has 0 unspecified atom stereocenters. The maximum atomic E-state index is 13.2. The summed E-state index contributed by atoms with van der Waals surface area (Å²) >= 11 is 5.93. The van der Waals surface area contributed by atoms with Crippen molar-refractivity contribution in [3.8, 4) is 11.5 Å². The molecular weight excluding hydrogens is 486 g/mol. The van der Waals surface area contributed by atoms with Gasteiger partial charge >= 0.3 is 0 Å². The van der Waals surface area contributed by atoms with E-state index in [9.17, 15) is 9.59 Å². The topological polar surface area (TPSA) is 75.4 Å². The number of fused-ring (bicyclic) bond motifs is 1. The van der Waals surface area contributed by atoms with Crippen LogP contribution in [0.25, 0.3) is 22.6 Å². The number of benzene rings is 3. The quantitative estimate of drug-likeness (QED) is 0.329. The van der Waals surface area contributed by atoms with E-state index >= 15 is 0 Å². The van der Waals surface area contributed by atoms with Gasteiger partial charge in [0.25, 0.3) is 5.91 Å². The minimum atomic E-state index is -0.115. The van der Waals surface area contributed by atoms with Crippen LogP contribution in [0.5, 0.6) is 0 Å². The zero-order chi connectivity index (χ0) is 25.9. The van der Waals surface area contributed by atoms with Crippen molar-refractivity contribution in [2.45, 2.75) is 33.2 Å². The van der Waals surface area contributed by atoms with E-state index < -0.39 is 0 Å². The minimum Gasteiger partial charge on any atom is -0.436 e. The summed E-state index contributed by atoms with van der Waals surface area (Å²) in [6, 6.07) is 20.9. The normalized spacial score (nSPS) is 15.1. The molecule has 0 spiro atoms. The Bertz CT molecular complexity index is 1400. The van der Waals surface area contributed by atoms with Crippen molar-refractivity contribution in [1.82, 2.24) is 15.2 Å². The maximum Gasteiger partial charge on any atom is 0.253 e. The molecule has 1 aromatic heterocycles. The van der Waals surface area contributed by atoms with Gasteiger partial charge in [0.05, 0.1) is 0 Å². The van der Waals surface area contributed by atoms with Gasteiger partial charge < -0.3 is 14.6 Å². The first-order valence-electron chi connectivity index (χ1n) is 12.7. The molecule has 0 aliphatic carbocycles. The smallest absolute Gasteiger partial charge is 0.253 e. The molecule has 1 saturated heterocycles. The number of carbonyl (C=O) groups excluding carboxylic acids is 2. The Labute approximate surface area is 221 Å². The van der Waals surface area contributed by atoms with Crippen molar-refractivity contribution in [3.05, 3.63) is 88.4 Å². The number of likely N-dealkylation sites (tertiary alicyclic amines) is 1. The maximum absolute atomic E-state index is 13.2. The number of nitrogens with zero attached hydrogens (tertiary/aromatic N) is 2. The van der Waals surface area contributed by atoms with E-state index in [1.807, 2.05) is 73.3 Å². The summed E-state index contributed by atoms with van der Waals surface area (Å²) in [5, 5.41) is 3.71. The van der Waals surface area contributed by atoms with Crippen LogP contribution in [0, 0.1) is 18.8 Å². The summed E-state index contributed by atoms with van der Waals surface area (Å²) in [6.45, 7) is 5.75. The number of halogens is 1. The van der Waals surface area contributed by atoms with Gasteiger partial charge in [-0.3, -0.25) is 9.59 Å². The average molecular weight is 516 g/mol. The highest BCUT2D eigenvalue weighted by Gasteiger charge is 2.30. The van der Waals surface area contributed by atoms with Crippen LogP contribution >= 0.6 is 11.6 Å². The molecule has 1 atom stereocenters. The molecule has 1 aliphatic heterocycles. The zero-order valence-electron chi connectivity index (χ0n) is 21.0. The molecule has 0 bridgehead atoms. The number of hydrogen-bond donors (Lipinski definition) is 1. The molecule has 1 aliphatic rings. The molecule has 7 heteroatoms. The highest BCUT2D eigenvalue weighted by Crippen LogP contribution is 2.28. The van der Waals surface area contributed by atoms with Gasteiger partial charge in [0.15, 0.2) is 5.58 Å². The molecule has 0 saturated carbocycles. The van der Waals surface area contributed by atoms with Crippen molar-refractivity contribution in [3.63, 3.8) is 0 Å². The lowest BCUT2D eigenvalue weighted by Gasteiger charge is -2.34. The molecule has 4 aromatic rings. The Balaban J connectivity index is 1.17. The van der Waals surface area contributed by atoms with Crippen molar-refractivity contribution >= 4 is 34.5 Å². The largest absolute Gasteiger partial charge is 0.436 e. The van der Waals surface area contributed by atoms with Gasteiger partial charge in [-0.1, -0.05) is 48.4 Å². The number of aryl methyl sites for hydroxylation is 1. The number of rotatable bonds is 6. The first-order valence-corrected chi connectivity index (χ1v) is 13.0. The first kappa shape index (κ1) is 25.0. The van der Waals surface area contributed by atoms with Crippen LogP contribution in [0.2, 0.25) is 5.02 Å². The summed E-state index contributed by atoms with van der Waals surface area (Å²) in [7, 11) is 0. The molecule has 37 heavy (non-hydrogen) atoms. The predicted molar refractivity (Wildman–Crippen MR) is 145 cm³/mol. The lowest BCUT2D eigenvalue weighted by atomic mass is 9.84. The van der Waals surface area contributed by atoms with E-state index in [1.165, 1.54) is 5.56 Å². The van der Waals surface area contributed by atoms with Crippen LogP contribution in [0.4, 0.5) is 0 Å². The molecule has 2 heterocycles. The lowest BCUT2D eigenvalue weighted by Crippen LogP contribution is -2.42. The Morgan fingerprint density at radius 2 is 1.76 bits per heavy atom. The first-order chi connectivity index (χ1) is 17.9. The van der Waals surface area contributed by atoms with Crippen LogP contribution in [-0.2, 0) is 11.3 Å². The standard InChI is InChI=1S/C30H30ClN3O3/c1-19-3-7-23(8-4-19)29-33-26-17-24(9-12-27(26)37-29)30(36)34-15-13-22(14-16-34)20(2)28(35)32-18-21-5-10-25(31)11-6-21/h3-12,17,20,22H,13-16,18H2,1-2H3,(H,32,35)/t20-/m1/s1. The minimum absolute atomic E-state index is 0.0138. The van der Waals surface area contributed by atoms with Gasteiger partial charge in [0, 0.05) is 41.7 Å². The average Bonchev–Trinajstić information content (AvgIpc) is 3.36. The number of hydrogen-bond acceptors (Lipinski definition) is 4. The second-order valence-corrected chi connectivity index (χ2v) is 10.3. The van der Waals surface area contributed by atoms with E-state index in [0.29, 0.717) is 47.2 Å². The summed E-state index contributed by atoms with van der Waals surface area (Å²) in [6.07, 6.45) is 1.59. The van der Waals surface area contributed by atoms with Crippen LogP contribution in [0.1, 0.15) is 41.3 Å². The Kier molecular flexibility index (Phi) is 7.28. The number of piperidine rings is 1. The van der Waals surface area contributed by atoms with Crippen molar-refractivity contribution in [2.75, 3.05) is 13.1 Å². The molecule has 3 aromatic carbocycles. The number of aromatic nitrogens is 1. The third kappa shape index (κ3) is 5.70. The fourth-order valence-electron chi connectivity index (χ4n) is 4.83. The number of nitrogens with one attached hydrogen (secondary N) is 1. The van der Waals surface area contributed by atoms with Crippen molar-refractivity contribution in [1.29, 1.82) is 0 Å². The third-order valence-corrected chi connectivity index (χ3v) is 7.51. The highest BCUT2D eigenvalue weighted by molar-refractivity contribution is 6.30. The Morgan fingerprint density at radius 3 is 2.46 bits per heavy atom. The predicted octanol–water partition coefficient (Wildman–Crippen LogP) is 6.26. The Morgan fingerprint density at radius 1 is 1.05 bits per heavy atom. The molecule has 5 rings (SSSR count). The fraction of sp³-hybridized carbons (Fsp3) is 0.300. The second-order valence-electron chi connectivity index (χ2n) is 9.83. The SMILES string of the molecule is Cc1ccc(-c2nc3cc(C(=O)N4CCC([C@@H](C)C(=O)NCc5ccc(Cl)cc5)CC4)ccc3o2)cc1. The van der Waals surface area contributed by atoms with Crippen LogP contribution in [0.15, 0.2) is 71.1 Å². The summed E-state index contributed by atoms with van der Waals surface area (Å²) in [4.78, 5) is 32.4. The molecular formula is C30H30ClN3O3. The van der Waals surface area contributed by atoms with Gasteiger partial charge in [0.2, 0.25) is 11.8 Å². The van der Waals surface area contributed by atoms with E-state index in [-0.39, 0.29) is 23.7 Å². The van der Waals surface area contributed by atoms with E-state index in [2.05, 4.69) is 10.3 Å². The fourth-order valence-corrected chi connectivity index (χ4v) is 4.96. The summed E-state index contributed by atoms with van der Waals surface area (Å²) in [5.74, 6) is 0.699. The van der Waals surface area contributed by atoms with Crippen molar-refractivity contribution < 1.29 is 14.0 Å². The number of oxazole rings is 1. The van der Waals surface area contributed by atoms with Gasteiger partial charge in [-0.05, 0) is 73.7 Å². The number of carbonyl (C=O) groups is 2. The van der Waals surface area contributed by atoms with Gasteiger partial charge in [-0.15, -0.1) is 0 Å².